The molecule has 0 atom stereocenters. The quantitative estimate of drug-likeness (QED) is 0.470. The molecule has 9 heteroatoms. The van der Waals surface area contributed by atoms with Crippen molar-refractivity contribution in [3.63, 3.8) is 0 Å². The van der Waals surface area contributed by atoms with Gasteiger partial charge in [0.15, 0.2) is 11.5 Å². The zero-order chi connectivity index (χ0) is 18.4. The van der Waals surface area contributed by atoms with Crippen LogP contribution in [0.5, 0.6) is 11.5 Å². The molecule has 1 aromatic heterocycles. The highest BCUT2D eigenvalue weighted by molar-refractivity contribution is 5.95. The van der Waals surface area contributed by atoms with E-state index in [1.165, 1.54) is 6.20 Å². The van der Waals surface area contributed by atoms with Gasteiger partial charge in [0.2, 0.25) is 0 Å². The van der Waals surface area contributed by atoms with Gasteiger partial charge >= 0.3 is 0 Å². The van der Waals surface area contributed by atoms with Crippen molar-refractivity contribution in [3.05, 3.63) is 57.4 Å². The second-order valence-electron chi connectivity index (χ2n) is 4.96. The Labute approximate surface area is 143 Å². The third kappa shape index (κ3) is 4.50. The molecule has 0 fully saturated rings. The molecule has 0 aliphatic rings. The molecule has 1 aromatic carbocycles. The first-order chi connectivity index (χ1) is 11.9. The van der Waals surface area contributed by atoms with Gasteiger partial charge in [-0.3, -0.25) is 19.9 Å². The Bertz CT molecular complexity index is 818. The third-order valence-corrected chi connectivity index (χ3v) is 3.14. The van der Waals surface area contributed by atoms with Gasteiger partial charge in [-0.1, -0.05) is 0 Å². The van der Waals surface area contributed by atoms with Gasteiger partial charge in [-0.15, -0.1) is 0 Å². The van der Waals surface area contributed by atoms with E-state index in [-0.39, 0.29) is 29.4 Å². The van der Waals surface area contributed by atoms with E-state index in [0.29, 0.717) is 5.56 Å². The summed E-state index contributed by atoms with van der Waals surface area (Å²) >= 11 is 0. The standard InChI is InChI=1S/C16H16N4O5/c1-3-25-14-7-13(20(23)24)6-12(15(14)21)9-18-19-16(22)11-5-4-10(2)17-8-11/h4-9,21H,3H2,1-2H3,(H,19,22). The fourth-order valence-corrected chi connectivity index (χ4v) is 1.91. The molecule has 2 aromatic rings. The van der Waals surface area contributed by atoms with Crippen molar-refractivity contribution in [1.29, 1.82) is 0 Å². The van der Waals surface area contributed by atoms with Gasteiger partial charge in [-0.05, 0) is 26.0 Å². The van der Waals surface area contributed by atoms with Crippen LogP contribution in [-0.4, -0.2) is 33.7 Å². The molecular weight excluding hydrogens is 328 g/mol. The molecule has 2 N–H and O–H groups in total. The highest BCUT2D eigenvalue weighted by atomic mass is 16.6. The summed E-state index contributed by atoms with van der Waals surface area (Å²) in [5, 5.41) is 24.8. The van der Waals surface area contributed by atoms with Gasteiger partial charge < -0.3 is 9.84 Å². The van der Waals surface area contributed by atoms with Gasteiger partial charge in [0.1, 0.15) is 0 Å². The van der Waals surface area contributed by atoms with E-state index in [2.05, 4.69) is 15.5 Å². The number of rotatable bonds is 6. The van der Waals surface area contributed by atoms with Crippen LogP contribution in [-0.2, 0) is 0 Å². The number of hydrazone groups is 1. The number of carbonyl (C=O) groups is 1. The number of non-ortho nitro benzene ring substituents is 1. The molecule has 0 saturated carbocycles. The lowest BCUT2D eigenvalue weighted by Crippen LogP contribution is -2.17. The molecular formula is C16H16N4O5. The molecule has 0 spiro atoms. The van der Waals surface area contributed by atoms with Gasteiger partial charge in [-0.25, -0.2) is 5.43 Å². The Kier molecular flexibility index (Phi) is 5.62. The molecule has 130 valence electrons. The zero-order valence-electron chi connectivity index (χ0n) is 13.6. The number of aromatic nitrogens is 1. The van der Waals surface area contributed by atoms with E-state index < -0.39 is 10.8 Å². The van der Waals surface area contributed by atoms with Gasteiger partial charge in [0, 0.05) is 23.5 Å². The van der Waals surface area contributed by atoms with Crippen LogP contribution in [0.15, 0.2) is 35.6 Å². The molecule has 25 heavy (non-hydrogen) atoms. The number of pyridine rings is 1. The van der Waals surface area contributed by atoms with E-state index in [1.807, 2.05) is 0 Å². The predicted octanol–water partition coefficient (Wildman–Crippen LogP) is 2.17. The minimum Gasteiger partial charge on any atom is -0.504 e. The van der Waals surface area contributed by atoms with Crippen molar-refractivity contribution in [2.75, 3.05) is 6.61 Å². The highest BCUT2D eigenvalue weighted by Crippen LogP contribution is 2.33. The number of aryl methyl sites for hydroxylation is 1. The first-order valence-corrected chi connectivity index (χ1v) is 7.32. The van der Waals surface area contributed by atoms with Crippen molar-refractivity contribution in [2.45, 2.75) is 13.8 Å². The number of hydrogen-bond acceptors (Lipinski definition) is 7. The minimum absolute atomic E-state index is 0.0350. The fourth-order valence-electron chi connectivity index (χ4n) is 1.91. The Morgan fingerprint density at radius 1 is 1.48 bits per heavy atom. The molecule has 2 rings (SSSR count). The molecule has 0 radical (unpaired) electrons. The van der Waals surface area contributed by atoms with E-state index in [1.54, 1.807) is 26.0 Å². The number of aromatic hydroxyl groups is 1. The number of ether oxygens (including phenoxy) is 1. The third-order valence-electron chi connectivity index (χ3n) is 3.14. The summed E-state index contributed by atoms with van der Waals surface area (Å²) in [5.41, 5.74) is 3.11. The maximum absolute atomic E-state index is 11.9. The lowest BCUT2D eigenvalue weighted by atomic mass is 10.1. The van der Waals surface area contributed by atoms with Crippen LogP contribution in [0.1, 0.15) is 28.5 Å². The number of nitro groups is 1. The summed E-state index contributed by atoms with van der Waals surface area (Å²) < 4.78 is 5.16. The zero-order valence-corrected chi connectivity index (χ0v) is 13.6. The second-order valence-corrected chi connectivity index (χ2v) is 4.96. The van der Waals surface area contributed by atoms with Gasteiger partial charge in [0.25, 0.3) is 11.6 Å². The van der Waals surface area contributed by atoms with Crippen molar-refractivity contribution >= 4 is 17.8 Å². The largest absolute Gasteiger partial charge is 0.504 e. The summed E-state index contributed by atoms with van der Waals surface area (Å²) in [7, 11) is 0. The average Bonchev–Trinajstić information content (AvgIpc) is 2.58. The van der Waals surface area contributed by atoms with Crippen LogP contribution in [0.4, 0.5) is 5.69 Å². The summed E-state index contributed by atoms with van der Waals surface area (Å²) in [6.07, 6.45) is 2.50. The second kappa shape index (κ2) is 7.86. The van der Waals surface area contributed by atoms with Crippen molar-refractivity contribution in [3.8, 4) is 11.5 Å². The van der Waals surface area contributed by atoms with Crippen LogP contribution in [0.3, 0.4) is 0 Å². The van der Waals surface area contributed by atoms with E-state index in [9.17, 15) is 20.0 Å². The number of amides is 1. The highest BCUT2D eigenvalue weighted by Gasteiger charge is 2.16. The molecule has 1 amide bonds. The molecule has 0 aliphatic carbocycles. The van der Waals surface area contributed by atoms with E-state index in [4.69, 9.17) is 4.74 Å². The first kappa shape index (κ1) is 17.9. The molecule has 1 heterocycles. The number of benzene rings is 1. The van der Waals surface area contributed by atoms with E-state index in [0.717, 1.165) is 24.0 Å². The number of carbonyl (C=O) groups excluding carboxylic acids is 1. The number of nitro benzene ring substituents is 1. The molecule has 0 aliphatic heterocycles. The Hall–Kier alpha value is -3.49. The van der Waals surface area contributed by atoms with Crippen LogP contribution in [0, 0.1) is 17.0 Å². The number of hydrogen-bond donors (Lipinski definition) is 2. The Morgan fingerprint density at radius 2 is 2.24 bits per heavy atom. The maximum atomic E-state index is 11.9. The smallest absolute Gasteiger partial charge is 0.274 e. The van der Waals surface area contributed by atoms with Gasteiger partial charge in [0.05, 0.1) is 29.4 Å². The lowest BCUT2D eigenvalue weighted by molar-refractivity contribution is -0.385. The SMILES string of the molecule is CCOc1cc([N+](=O)[O-])cc(C=NNC(=O)c2ccc(C)nc2)c1O. The number of nitrogens with zero attached hydrogens (tertiary/aromatic N) is 3. The summed E-state index contributed by atoms with van der Waals surface area (Å²) in [4.78, 5) is 26.3. The first-order valence-electron chi connectivity index (χ1n) is 7.32. The van der Waals surface area contributed by atoms with Crippen LogP contribution in [0.25, 0.3) is 0 Å². The Morgan fingerprint density at radius 3 is 2.84 bits per heavy atom. The minimum atomic E-state index is -0.615. The normalized spacial score (nSPS) is 10.6. The number of nitrogens with one attached hydrogen (secondary N) is 1. The van der Waals surface area contributed by atoms with E-state index >= 15 is 0 Å². The molecule has 9 nitrogen and oxygen atoms in total. The number of phenolic OH excluding ortho intramolecular Hbond substituents is 1. The van der Waals surface area contributed by atoms with Crippen LogP contribution < -0.4 is 10.2 Å². The fraction of sp³-hybridized carbons (Fsp3) is 0.188. The number of phenols is 1. The monoisotopic (exact) mass is 344 g/mol. The lowest BCUT2D eigenvalue weighted by Gasteiger charge is -2.07. The van der Waals surface area contributed by atoms with Crippen molar-refractivity contribution in [2.24, 2.45) is 5.10 Å². The summed E-state index contributed by atoms with van der Waals surface area (Å²) in [6, 6.07) is 5.51. The van der Waals surface area contributed by atoms with Crippen LogP contribution >= 0.6 is 0 Å². The topological polar surface area (TPSA) is 127 Å². The Balaban J connectivity index is 2.20. The summed E-state index contributed by atoms with van der Waals surface area (Å²) in [5.74, 6) is -0.839. The van der Waals surface area contributed by atoms with Crippen LogP contribution in [0.2, 0.25) is 0 Å². The van der Waals surface area contributed by atoms with Gasteiger partial charge in [-0.2, -0.15) is 5.10 Å². The maximum Gasteiger partial charge on any atom is 0.274 e. The predicted molar refractivity (Wildman–Crippen MR) is 90.0 cm³/mol. The molecule has 0 bridgehead atoms. The molecule has 0 saturated heterocycles. The van der Waals surface area contributed by atoms with Crippen molar-refractivity contribution < 1.29 is 19.6 Å². The average molecular weight is 344 g/mol. The molecule has 0 unspecified atom stereocenters. The summed E-state index contributed by atoms with van der Waals surface area (Å²) in [6.45, 7) is 3.70. The van der Waals surface area contributed by atoms with Crippen molar-refractivity contribution in [1.82, 2.24) is 10.4 Å².